The number of rotatable bonds is 17. The van der Waals surface area contributed by atoms with E-state index in [0.717, 1.165) is 51.7 Å². The number of carbonyl (C=O) groups is 1. The van der Waals surface area contributed by atoms with E-state index in [-0.39, 0.29) is 23.8 Å². The molecule has 2 aromatic heterocycles. The van der Waals surface area contributed by atoms with Gasteiger partial charge in [-0.25, -0.2) is 4.79 Å². The number of hydrogen-bond donors (Lipinski definition) is 5. The number of carbonyl (C=O) groups excluding carboxylic acids is 1. The quantitative estimate of drug-likeness (QED) is 0.0589. The number of likely N-dealkylation sites (tertiary alicyclic amines) is 1. The van der Waals surface area contributed by atoms with E-state index in [1.54, 1.807) is 36.4 Å². The number of nitrogens with one attached hydrogen (secondary N) is 2. The van der Waals surface area contributed by atoms with Gasteiger partial charge in [-0.2, -0.15) is 0 Å². The fraction of sp³-hybridized carbons (Fsp3) is 0.366. The van der Waals surface area contributed by atoms with Crippen LogP contribution >= 0.6 is 11.3 Å². The molecule has 10 nitrogen and oxygen atoms in total. The van der Waals surface area contributed by atoms with Crippen LogP contribution < -0.4 is 15.6 Å². The molecule has 11 heteroatoms. The summed E-state index contributed by atoms with van der Waals surface area (Å²) in [6, 6.07) is 27.2. The van der Waals surface area contributed by atoms with Crippen LogP contribution in [0, 0.1) is 5.92 Å². The number of esters is 1. The smallest absolute Gasteiger partial charge is 0.348 e. The molecule has 0 amide bonds. The summed E-state index contributed by atoms with van der Waals surface area (Å²) < 4.78 is 11.9. The number of fused-ring (bicyclic) bond motifs is 1. The van der Waals surface area contributed by atoms with Gasteiger partial charge in [0, 0.05) is 30.1 Å². The number of H-pyrrole nitrogens is 1. The first-order chi connectivity index (χ1) is 25.3. The van der Waals surface area contributed by atoms with E-state index in [9.17, 15) is 24.9 Å². The first-order valence-corrected chi connectivity index (χ1v) is 18.9. The second-order valence-electron chi connectivity index (χ2n) is 13.4. The van der Waals surface area contributed by atoms with Gasteiger partial charge in [0.05, 0.1) is 29.7 Å². The molecule has 1 aliphatic rings. The summed E-state index contributed by atoms with van der Waals surface area (Å²) in [5.74, 6) is 0.0916. The van der Waals surface area contributed by atoms with Gasteiger partial charge >= 0.3 is 5.97 Å². The van der Waals surface area contributed by atoms with Gasteiger partial charge in [-0.3, -0.25) is 9.69 Å². The van der Waals surface area contributed by atoms with E-state index in [4.69, 9.17) is 9.47 Å². The number of ether oxygens (including phenoxy) is 2. The van der Waals surface area contributed by atoms with Crippen molar-refractivity contribution in [3.8, 4) is 11.5 Å². The Morgan fingerprint density at radius 2 is 1.81 bits per heavy atom. The number of phenols is 1. The van der Waals surface area contributed by atoms with Crippen LogP contribution in [0.15, 0.2) is 101 Å². The molecule has 6 rings (SSSR count). The number of benzene rings is 3. The lowest BCUT2D eigenvalue weighted by atomic mass is 9.91. The number of aromatic amines is 1. The minimum Gasteiger partial charge on any atom is -0.506 e. The maximum atomic E-state index is 13.7. The Labute approximate surface area is 307 Å². The summed E-state index contributed by atoms with van der Waals surface area (Å²) in [4.78, 5) is 30.9. The molecule has 0 spiro atoms. The highest BCUT2D eigenvalue weighted by molar-refractivity contribution is 7.10. The third-order valence-electron chi connectivity index (χ3n) is 9.70. The number of aliphatic hydroxyl groups excluding tert-OH is 1. The molecular formula is C41H47N3O7S. The number of nitrogens with zero attached hydrogens (tertiary/aromatic N) is 1. The van der Waals surface area contributed by atoms with Crippen LogP contribution in [0.2, 0.25) is 0 Å². The summed E-state index contributed by atoms with van der Waals surface area (Å²) >= 11 is 1.31. The molecule has 1 saturated heterocycles. The molecule has 5 N–H and O–H groups in total. The van der Waals surface area contributed by atoms with Crippen LogP contribution in [0.3, 0.4) is 0 Å². The molecule has 5 aromatic rings. The number of phenolic OH excluding ortho intramolecular Hbond substituents is 1. The summed E-state index contributed by atoms with van der Waals surface area (Å²) in [7, 11) is 0. The van der Waals surface area contributed by atoms with Gasteiger partial charge in [0.1, 0.15) is 11.5 Å². The molecule has 0 radical (unpaired) electrons. The van der Waals surface area contributed by atoms with E-state index in [1.807, 2.05) is 23.6 Å². The highest BCUT2D eigenvalue weighted by Gasteiger charge is 2.43. The molecule has 1 unspecified atom stereocenters. The molecule has 1 aliphatic heterocycles. The van der Waals surface area contributed by atoms with Crippen LogP contribution in [0.4, 0.5) is 0 Å². The Morgan fingerprint density at radius 3 is 2.60 bits per heavy atom. The fourth-order valence-electron chi connectivity index (χ4n) is 6.72. The summed E-state index contributed by atoms with van der Waals surface area (Å²) in [5.41, 5.74) is 0.381. The number of piperidine rings is 1. The number of pyridine rings is 1. The van der Waals surface area contributed by atoms with Gasteiger partial charge in [0.2, 0.25) is 11.2 Å². The monoisotopic (exact) mass is 725 g/mol. The average molecular weight is 726 g/mol. The molecule has 0 aliphatic carbocycles. The Kier molecular flexibility index (Phi) is 12.8. The van der Waals surface area contributed by atoms with Crippen molar-refractivity contribution in [3.05, 3.63) is 128 Å². The van der Waals surface area contributed by atoms with Crippen molar-refractivity contribution in [2.24, 2.45) is 5.92 Å². The molecule has 2 atom stereocenters. The van der Waals surface area contributed by atoms with Gasteiger partial charge in [0.25, 0.3) is 0 Å². The lowest BCUT2D eigenvalue weighted by Crippen LogP contribution is -2.40. The summed E-state index contributed by atoms with van der Waals surface area (Å²) in [6.45, 7) is 4.55. The van der Waals surface area contributed by atoms with Crippen LogP contribution in [0.25, 0.3) is 10.9 Å². The lowest BCUT2D eigenvalue weighted by molar-refractivity contribution is -0.163. The Bertz CT molecular complexity index is 1940. The van der Waals surface area contributed by atoms with Crippen molar-refractivity contribution in [2.45, 2.75) is 50.4 Å². The number of aromatic hydroxyl groups is 1. The van der Waals surface area contributed by atoms with Gasteiger partial charge in [-0.15, -0.1) is 11.3 Å². The zero-order valence-electron chi connectivity index (χ0n) is 29.2. The van der Waals surface area contributed by atoms with Crippen LogP contribution in [0.5, 0.6) is 11.5 Å². The number of aromatic nitrogens is 1. The molecule has 3 heterocycles. The number of unbranched alkanes of at least 4 members (excludes halogenated alkanes) is 2. The average Bonchev–Trinajstić information content (AvgIpc) is 3.72. The van der Waals surface area contributed by atoms with Crippen LogP contribution in [-0.2, 0) is 21.7 Å². The van der Waals surface area contributed by atoms with Crippen LogP contribution in [-0.4, -0.2) is 70.6 Å². The highest BCUT2D eigenvalue weighted by atomic mass is 32.1. The third kappa shape index (κ3) is 9.28. The van der Waals surface area contributed by atoms with E-state index in [1.165, 1.54) is 29.0 Å². The van der Waals surface area contributed by atoms with Crippen molar-refractivity contribution in [2.75, 3.05) is 39.4 Å². The molecule has 0 bridgehead atoms. The highest BCUT2D eigenvalue weighted by Crippen LogP contribution is 2.36. The zero-order valence-corrected chi connectivity index (χ0v) is 30.0. The number of thiophene rings is 1. The second-order valence-corrected chi connectivity index (χ2v) is 14.4. The molecule has 3 aromatic carbocycles. The molecule has 274 valence electrons. The lowest BCUT2D eigenvalue weighted by Gasteiger charge is -2.32. The van der Waals surface area contributed by atoms with Crippen molar-refractivity contribution in [3.63, 3.8) is 0 Å². The molecule has 52 heavy (non-hydrogen) atoms. The van der Waals surface area contributed by atoms with Crippen molar-refractivity contribution in [1.29, 1.82) is 0 Å². The molecular weight excluding hydrogens is 679 g/mol. The van der Waals surface area contributed by atoms with E-state index in [2.05, 4.69) is 39.5 Å². The van der Waals surface area contributed by atoms with Gasteiger partial charge in [-0.05, 0) is 104 Å². The van der Waals surface area contributed by atoms with Gasteiger partial charge in [-0.1, -0.05) is 54.6 Å². The summed E-state index contributed by atoms with van der Waals surface area (Å²) in [6.07, 6.45) is 3.61. The first-order valence-electron chi connectivity index (χ1n) is 18.0. The number of aliphatic hydroxyl groups is 2. The minimum absolute atomic E-state index is 0.0388. The van der Waals surface area contributed by atoms with Crippen molar-refractivity contribution >= 4 is 28.2 Å². The maximum Gasteiger partial charge on any atom is 0.348 e. The maximum absolute atomic E-state index is 13.7. The largest absolute Gasteiger partial charge is 0.506 e. The van der Waals surface area contributed by atoms with E-state index in [0.29, 0.717) is 52.4 Å². The zero-order chi connectivity index (χ0) is 36.3. The SMILES string of the molecule is O=C(OCC1CCN(Cc2ccccc2)CC1)C(O)(c1cccc(OCCCCCNC[C@H](O)c2ccc(O)c3[nH]c(=O)ccc23)c1)c1cccs1. The van der Waals surface area contributed by atoms with E-state index >= 15 is 0 Å². The predicted molar refractivity (Wildman–Crippen MR) is 203 cm³/mol. The minimum atomic E-state index is -1.94. The van der Waals surface area contributed by atoms with Crippen molar-refractivity contribution in [1.82, 2.24) is 15.2 Å². The molecule has 1 fully saturated rings. The molecule has 0 saturated carbocycles. The Hall–Kier alpha value is -4.52. The van der Waals surface area contributed by atoms with Crippen LogP contribution in [0.1, 0.15) is 59.8 Å². The third-order valence-corrected chi connectivity index (χ3v) is 10.7. The standard InChI is InChI=1S/C41H47N3O7S/c45-35-16-14-33(34-15-17-38(47)43-39(34)35)36(46)26-42-20-5-2-6-23-50-32-12-7-11-31(25-32)41(49,37-13-8-24-52-37)40(48)51-28-30-18-21-44(22-19-30)27-29-9-3-1-4-10-29/h1,3-4,7-17,24-25,30,36,42,45-46,49H,2,5-6,18-23,26-28H2,(H,43,47)/t36-,41?/m0/s1. The van der Waals surface area contributed by atoms with Gasteiger partial charge < -0.3 is 35.1 Å². The summed E-state index contributed by atoms with van der Waals surface area (Å²) in [5, 5.41) is 38.5. The fourth-order valence-corrected chi connectivity index (χ4v) is 7.56. The Balaban J connectivity index is 0.944. The second kappa shape index (κ2) is 17.8. The normalized spacial score (nSPS) is 15.7. The Morgan fingerprint density at radius 1 is 0.981 bits per heavy atom. The topological polar surface area (TPSA) is 144 Å². The predicted octanol–water partition coefficient (Wildman–Crippen LogP) is 5.86. The van der Waals surface area contributed by atoms with Crippen molar-refractivity contribution < 1.29 is 29.6 Å². The number of hydrogen-bond acceptors (Lipinski definition) is 10. The van der Waals surface area contributed by atoms with Gasteiger partial charge in [0.15, 0.2) is 0 Å². The van der Waals surface area contributed by atoms with E-state index < -0.39 is 17.7 Å². The first kappa shape index (κ1) is 37.2.